The molecule has 0 heterocycles. The fraction of sp³-hybridized carbons (Fsp3) is 0.0714. The Morgan fingerprint density at radius 1 is 1.15 bits per heavy atom. The van der Waals surface area contributed by atoms with Crippen molar-refractivity contribution in [2.45, 2.75) is 6.61 Å². The number of carbonyl (C=O) groups is 1. The molecule has 0 aromatic heterocycles. The van der Waals surface area contributed by atoms with E-state index in [0.717, 1.165) is 0 Å². The van der Waals surface area contributed by atoms with Crippen LogP contribution in [0.15, 0.2) is 40.9 Å². The van der Waals surface area contributed by atoms with E-state index in [4.69, 9.17) is 16.2 Å². The van der Waals surface area contributed by atoms with Gasteiger partial charge in [0.05, 0.1) is 5.56 Å². The minimum Gasteiger partial charge on any atom is -0.457 e. The maximum atomic E-state index is 12.9. The zero-order chi connectivity index (χ0) is 14.7. The number of carbonyl (C=O) groups excluding carboxylic acids is 1. The summed E-state index contributed by atoms with van der Waals surface area (Å²) in [7, 11) is 0. The van der Waals surface area contributed by atoms with Crippen molar-refractivity contribution in [2.75, 3.05) is 11.5 Å². The average Bonchev–Trinajstić information content (AvgIpc) is 2.36. The van der Waals surface area contributed by atoms with Crippen molar-refractivity contribution >= 4 is 33.3 Å². The van der Waals surface area contributed by atoms with Crippen LogP contribution in [0.4, 0.5) is 15.8 Å². The highest BCUT2D eigenvalue weighted by Gasteiger charge is 2.10. The van der Waals surface area contributed by atoms with Crippen LogP contribution in [0.25, 0.3) is 0 Å². The van der Waals surface area contributed by atoms with E-state index in [0.29, 0.717) is 21.4 Å². The first-order chi connectivity index (χ1) is 9.45. The molecule has 104 valence electrons. The molecule has 4 N–H and O–H groups in total. The average molecular weight is 339 g/mol. The van der Waals surface area contributed by atoms with Gasteiger partial charge in [0, 0.05) is 21.4 Å². The van der Waals surface area contributed by atoms with Crippen LogP contribution < -0.4 is 11.5 Å². The summed E-state index contributed by atoms with van der Waals surface area (Å²) in [5.74, 6) is -0.907. The van der Waals surface area contributed by atoms with Gasteiger partial charge >= 0.3 is 5.97 Å². The van der Waals surface area contributed by atoms with Crippen LogP contribution in [0.3, 0.4) is 0 Å². The Morgan fingerprint density at radius 3 is 2.40 bits per heavy atom. The van der Waals surface area contributed by atoms with E-state index in [1.165, 1.54) is 24.3 Å². The van der Waals surface area contributed by atoms with E-state index >= 15 is 0 Å². The Hall–Kier alpha value is -2.08. The van der Waals surface area contributed by atoms with E-state index in [-0.39, 0.29) is 18.0 Å². The molecule has 0 unspecified atom stereocenters. The number of halogens is 2. The van der Waals surface area contributed by atoms with E-state index < -0.39 is 5.97 Å². The molecular weight excluding hydrogens is 327 g/mol. The molecule has 2 aromatic rings. The Bertz CT molecular complexity index is 641. The van der Waals surface area contributed by atoms with Crippen LogP contribution >= 0.6 is 15.9 Å². The van der Waals surface area contributed by atoms with Gasteiger partial charge in [-0.2, -0.15) is 0 Å². The van der Waals surface area contributed by atoms with Gasteiger partial charge in [-0.05, 0) is 30.3 Å². The number of anilines is 2. The second-order valence-corrected chi connectivity index (χ2v) is 5.05. The van der Waals surface area contributed by atoms with Gasteiger partial charge < -0.3 is 16.2 Å². The topological polar surface area (TPSA) is 78.3 Å². The molecule has 0 saturated carbocycles. The molecule has 4 nitrogen and oxygen atoms in total. The van der Waals surface area contributed by atoms with Gasteiger partial charge in [0.1, 0.15) is 12.4 Å². The maximum absolute atomic E-state index is 12.9. The highest BCUT2D eigenvalue weighted by atomic mass is 79.9. The van der Waals surface area contributed by atoms with Gasteiger partial charge in [-0.25, -0.2) is 9.18 Å². The predicted molar refractivity (Wildman–Crippen MR) is 78.5 cm³/mol. The van der Waals surface area contributed by atoms with Gasteiger partial charge in [0.15, 0.2) is 0 Å². The highest BCUT2D eigenvalue weighted by Crippen LogP contribution is 2.20. The Labute approximate surface area is 123 Å². The summed E-state index contributed by atoms with van der Waals surface area (Å²) in [5.41, 5.74) is 12.9. The van der Waals surface area contributed by atoms with Crippen molar-refractivity contribution in [3.63, 3.8) is 0 Å². The number of ether oxygens (including phenoxy) is 1. The van der Waals surface area contributed by atoms with Gasteiger partial charge in [-0.3, -0.25) is 0 Å². The first-order valence-corrected chi connectivity index (χ1v) is 6.52. The minimum atomic E-state index is -0.541. The van der Waals surface area contributed by atoms with Crippen LogP contribution in [-0.4, -0.2) is 5.97 Å². The molecule has 0 aliphatic carbocycles. The number of nitrogen functional groups attached to an aromatic ring is 2. The van der Waals surface area contributed by atoms with Crippen LogP contribution in [0.2, 0.25) is 0 Å². The third-order valence-electron chi connectivity index (χ3n) is 2.59. The van der Waals surface area contributed by atoms with Crippen molar-refractivity contribution in [1.82, 2.24) is 0 Å². The normalized spacial score (nSPS) is 10.3. The molecule has 2 rings (SSSR count). The van der Waals surface area contributed by atoms with Crippen molar-refractivity contribution in [1.29, 1.82) is 0 Å². The molecule has 0 amide bonds. The molecule has 0 aliphatic rings. The zero-order valence-electron chi connectivity index (χ0n) is 10.4. The quantitative estimate of drug-likeness (QED) is 0.665. The van der Waals surface area contributed by atoms with E-state index in [2.05, 4.69) is 15.9 Å². The number of esters is 1. The third-order valence-corrected chi connectivity index (χ3v) is 3.33. The molecule has 6 heteroatoms. The number of benzene rings is 2. The largest absolute Gasteiger partial charge is 0.457 e. The maximum Gasteiger partial charge on any atom is 0.338 e. The van der Waals surface area contributed by atoms with Gasteiger partial charge in [-0.1, -0.05) is 22.0 Å². The van der Waals surface area contributed by atoms with Crippen LogP contribution in [0.1, 0.15) is 15.9 Å². The lowest BCUT2D eigenvalue weighted by Crippen LogP contribution is -2.07. The molecular formula is C14H12BrFN2O2. The molecule has 0 atom stereocenters. The lowest BCUT2D eigenvalue weighted by atomic mass is 10.2. The standard InChI is InChI=1S/C14H12BrFN2O2/c15-13-5-10(16)2-1-8(13)7-20-14(19)9-3-11(17)6-12(18)4-9/h1-6H,7,17-18H2. The van der Waals surface area contributed by atoms with Crippen LogP contribution in [-0.2, 0) is 11.3 Å². The van der Waals surface area contributed by atoms with Crippen LogP contribution in [0, 0.1) is 5.82 Å². The molecule has 0 spiro atoms. The summed E-state index contributed by atoms with van der Waals surface area (Å²) >= 11 is 3.21. The molecule has 0 aliphatic heterocycles. The second kappa shape index (κ2) is 5.92. The number of hydrogen-bond donors (Lipinski definition) is 2. The Balaban J connectivity index is 2.08. The van der Waals surface area contributed by atoms with Gasteiger partial charge in [0.2, 0.25) is 0 Å². The molecule has 0 fully saturated rings. The first-order valence-electron chi connectivity index (χ1n) is 5.73. The van der Waals surface area contributed by atoms with E-state index in [1.54, 1.807) is 12.1 Å². The van der Waals surface area contributed by atoms with Gasteiger partial charge in [0.25, 0.3) is 0 Å². The summed E-state index contributed by atoms with van der Waals surface area (Å²) in [6, 6.07) is 8.67. The zero-order valence-corrected chi connectivity index (χ0v) is 12.0. The summed E-state index contributed by atoms with van der Waals surface area (Å²) < 4.78 is 18.6. The SMILES string of the molecule is Nc1cc(N)cc(C(=O)OCc2ccc(F)cc2Br)c1. The number of rotatable bonds is 3. The number of nitrogens with two attached hydrogens (primary N) is 2. The summed E-state index contributed by atoms with van der Waals surface area (Å²) in [6.45, 7) is 0.0222. The second-order valence-electron chi connectivity index (χ2n) is 4.20. The molecule has 0 saturated heterocycles. The molecule has 20 heavy (non-hydrogen) atoms. The monoisotopic (exact) mass is 338 g/mol. The van der Waals surface area contributed by atoms with E-state index in [9.17, 15) is 9.18 Å². The summed E-state index contributed by atoms with van der Waals surface area (Å²) in [6.07, 6.45) is 0. The fourth-order valence-electron chi connectivity index (χ4n) is 1.66. The minimum absolute atomic E-state index is 0.0222. The lowest BCUT2D eigenvalue weighted by Gasteiger charge is -2.08. The van der Waals surface area contributed by atoms with Crippen molar-refractivity contribution in [3.8, 4) is 0 Å². The number of hydrogen-bond acceptors (Lipinski definition) is 4. The van der Waals surface area contributed by atoms with Crippen LogP contribution in [0.5, 0.6) is 0 Å². The van der Waals surface area contributed by atoms with E-state index in [1.807, 2.05) is 0 Å². The molecule has 0 bridgehead atoms. The summed E-state index contributed by atoms with van der Waals surface area (Å²) in [5, 5.41) is 0. The van der Waals surface area contributed by atoms with Crippen molar-refractivity contribution < 1.29 is 13.9 Å². The summed E-state index contributed by atoms with van der Waals surface area (Å²) in [4.78, 5) is 11.9. The van der Waals surface area contributed by atoms with Crippen molar-refractivity contribution in [3.05, 3.63) is 57.8 Å². The highest BCUT2D eigenvalue weighted by molar-refractivity contribution is 9.10. The van der Waals surface area contributed by atoms with Gasteiger partial charge in [-0.15, -0.1) is 0 Å². The lowest BCUT2D eigenvalue weighted by molar-refractivity contribution is 0.0472. The predicted octanol–water partition coefficient (Wildman–Crippen LogP) is 3.11. The fourth-order valence-corrected chi connectivity index (χ4v) is 2.13. The Kier molecular flexibility index (Phi) is 4.24. The molecule has 0 radical (unpaired) electrons. The smallest absolute Gasteiger partial charge is 0.338 e. The van der Waals surface area contributed by atoms with Crippen molar-refractivity contribution in [2.24, 2.45) is 0 Å². The molecule has 2 aromatic carbocycles. The first kappa shape index (κ1) is 14.3. The Morgan fingerprint density at radius 2 is 1.80 bits per heavy atom. The third kappa shape index (κ3) is 3.48.